The number of nitrogens with zero attached hydrogens (tertiary/aromatic N) is 1. The number of aliphatic hydroxyl groups is 1. The van der Waals surface area contributed by atoms with Crippen molar-refractivity contribution in [3.8, 4) is 0 Å². The minimum absolute atomic E-state index is 0.102. The molecule has 1 saturated heterocycles. The Morgan fingerprint density at radius 1 is 1.11 bits per heavy atom. The lowest BCUT2D eigenvalue weighted by Crippen LogP contribution is -2.46. The van der Waals surface area contributed by atoms with Crippen LogP contribution in [-0.2, 0) is 14.8 Å². The van der Waals surface area contributed by atoms with E-state index in [4.69, 9.17) is 0 Å². The van der Waals surface area contributed by atoms with Crippen molar-refractivity contribution < 1.29 is 18.3 Å². The first-order valence-corrected chi connectivity index (χ1v) is 10.5. The van der Waals surface area contributed by atoms with E-state index in [9.17, 15) is 18.3 Å². The summed E-state index contributed by atoms with van der Waals surface area (Å²) in [6.07, 6.45) is 0.474. The first kappa shape index (κ1) is 19.5. The largest absolute Gasteiger partial charge is 0.387 e. The maximum atomic E-state index is 12.8. The summed E-state index contributed by atoms with van der Waals surface area (Å²) < 4.78 is 26.9. The van der Waals surface area contributed by atoms with Gasteiger partial charge in [0.25, 0.3) is 0 Å². The van der Waals surface area contributed by atoms with Gasteiger partial charge in [0.1, 0.15) is 0 Å². The standard InChI is InChI=1S/C20H24N2O4S/c23-19(16-8-3-1-4-9-16)14-21-20(24)17-10-7-13-22(15-17)27(25,26)18-11-5-2-6-12-18/h1-6,8-9,11-12,17,19,23H,7,10,13-15H2,(H,21,24)/t17-,19+/m1/s1. The molecule has 144 valence electrons. The number of benzene rings is 2. The third-order valence-electron chi connectivity index (χ3n) is 4.79. The average Bonchev–Trinajstić information content (AvgIpc) is 2.73. The molecule has 1 aliphatic heterocycles. The van der Waals surface area contributed by atoms with Crippen molar-refractivity contribution in [1.82, 2.24) is 9.62 Å². The van der Waals surface area contributed by atoms with E-state index >= 15 is 0 Å². The summed E-state index contributed by atoms with van der Waals surface area (Å²) in [6.45, 7) is 0.670. The molecule has 2 atom stereocenters. The summed E-state index contributed by atoms with van der Waals surface area (Å²) in [4.78, 5) is 12.7. The number of carbonyl (C=O) groups is 1. The molecule has 0 bridgehead atoms. The molecule has 0 saturated carbocycles. The maximum Gasteiger partial charge on any atom is 0.243 e. The fourth-order valence-electron chi connectivity index (χ4n) is 3.25. The summed E-state index contributed by atoms with van der Waals surface area (Å²) in [5, 5.41) is 12.9. The van der Waals surface area contributed by atoms with E-state index in [0.29, 0.717) is 19.4 Å². The van der Waals surface area contributed by atoms with Crippen molar-refractivity contribution in [3.63, 3.8) is 0 Å². The summed E-state index contributed by atoms with van der Waals surface area (Å²) in [7, 11) is -3.60. The quantitative estimate of drug-likeness (QED) is 0.792. The third-order valence-corrected chi connectivity index (χ3v) is 6.67. The lowest BCUT2D eigenvalue weighted by atomic mass is 9.98. The molecule has 1 amide bonds. The van der Waals surface area contributed by atoms with Crippen LogP contribution in [0.1, 0.15) is 24.5 Å². The highest BCUT2D eigenvalue weighted by Gasteiger charge is 2.33. The van der Waals surface area contributed by atoms with Crippen molar-refractivity contribution in [2.75, 3.05) is 19.6 Å². The molecule has 0 unspecified atom stereocenters. The molecule has 27 heavy (non-hydrogen) atoms. The SMILES string of the molecule is O=C(NC[C@H](O)c1ccccc1)[C@@H]1CCCN(S(=O)(=O)c2ccccc2)C1. The Morgan fingerprint density at radius 2 is 1.74 bits per heavy atom. The van der Waals surface area contributed by atoms with E-state index in [0.717, 1.165) is 5.56 Å². The third kappa shape index (κ3) is 4.74. The monoisotopic (exact) mass is 388 g/mol. The molecule has 6 nitrogen and oxygen atoms in total. The number of nitrogens with one attached hydrogen (secondary N) is 1. The second kappa shape index (κ2) is 8.65. The van der Waals surface area contributed by atoms with Crippen molar-refractivity contribution >= 4 is 15.9 Å². The fourth-order valence-corrected chi connectivity index (χ4v) is 4.80. The van der Waals surface area contributed by atoms with Crippen molar-refractivity contribution in [3.05, 3.63) is 66.2 Å². The van der Waals surface area contributed by atoms with E-state index in [1.54, 1.807) is 42.5 Å². The van der Waals surface area contributed by atoms with Crippen LogP contribution >= 0.6 is 0 Å². The van der Waals surface area contributed by atoms with Crippen molar-refractivity contribution in [1.29, 1.82) is 0 Å². The fraction of sp³-hybridized carbons (Fsp3) is 0.350. The second-order valence-electron chi connectivity index (χ2n) is 6.69. The summed E-state index contributed by atoms with van der Waals surface area (Å²) in [5.41, 5.74) is 0.731. The van der Waals surface area contributed by atoms with Gasteiger partial charge in [0.15, 0.2) is 0 Å². The Kier molecular flexibility index (Phi) is 6.26. The number of sulfonamides is 1. The van der Waals surface area contributed by atoms with Crippen LogP contribution in [0.3, 0.4) is 0 Å². The molecular formula is C20H24N2O4S. The lowest BCUT2D eigenvalue weighted by Gasteiger charge is -2.31. The van der Waals surface area contributed by atoms with Gasteiger partial charge in [-0.25, -0.2) is 8.42 Å². The van der Waals surface area contributed by atoms with Crippen LogP contribution in [0.15, 0.2) is 65.6 Å². The first-order chi connectivity index (χ1) is 13.0. The van der Waals surface area contributed by atoms with Gasteiger partial charge in [0.2, 0.25) is 15.9 Å². The molecule has 3 rings (SSSR count). The number of carbonyl (C=O) groups excluding carboxylic acids is 1. The van der Waals surface area contributed by atoms with Crippen LogP contribution in [0.2, 0.25) is 0 Å². The van der Waals surface area contributed by atoms with Gasteiger partial charge in [-0.2, -0.15) is 4.31 Å². The Bertz CT molecular complexity index is 856. The molecule has 0 spiro atoms. The van der Waals surface area contributed by atoms with Gasteiger partial charge in [0.05, 0.1) is 16.9 Å². The summed E-state index contributed by atoms with van der Waals surface area (Å²) >= 11 is 0. The molecule has 0 aliphatic carbocycles. The molecule has 2 N–H and O–H groups in total. The van der Waals surface area contributed by atoms with Gasteiger partial charge in [0, 0.05) is 19.6 Å². The van der Waals surface area contributed by atoms with Crippen LogP contribution in [-0.4, -0.2) is 43.4 Å². The van der Waals surface area contributed by atoms with Gasteiger partial charge < -0.3 is 10.4 Å². The molecule has 0 aromatic heterocycles. The van der Waals surface area contributed by atoms with Crippen LogP contribution in [0, 0.1) is 5.92 Å². The lowest BCUT2D eigenvalue weighted by molar-refractivity contribution is -0.126. The van der Waals surface area contributed by atoms with Gasteiger partial charge >= 0.3 is 0 Å². The summed E-state index contributed by atoms with van der Waals surface area (Å²) in [6, 6.07) is 17.4. The molecule has 1 aliphatic rings. The number of hydrogen-bond acceptors (Lipinski definition) is 4. The van der Waals surface area contributed by atoms with E-state index in [-0.39, 0.29) is 23.9 Å². The molecule has 2 aromatic carbocycles. The Morgan fingerprint density at radius 3 is 2.41 bits per heavy atom. The molecule has 2 aromatic rings. The predicted molar refractivity (Wildman–Crippen MR) is 102 cm³/mol. The Labute approximate surface area is 159 Å². The maximum absolute atomic E-state index is 12.8. The second-order valence-corrected chi connectivity index (χ2v) is 8.62. The van der Waals surface area contributed by atoms with E-state index in [1.165, 1.54) is 4.31 Å². The van der Waals surface area contributed by atoms with Crippen LogP contribution in [0.25, 0.3) is 0 Å². The highest BCUT2D eigenvalue weighted by Crippen LogP contribution is 2.24. The zero-order valence-corrected chi connectivity index (χ0v) is 15.8. The predicted octanol–water partition coefficient (Wildman–Crippen LogP) is 1.94. The minimum atomic E-state index is -3.60. The Balaban J connectivity index is 1.60. The number of hydrogen-bond donors (Lipinski definition) is 2. The van der Waals surface area contributed by atoms with Crippen molar-refractivity contribution in [2.45, 2.75) is 23.8 Å². The number of rotatable bonds is 6. The van der Waals surface area contributed by atoms with E-state index < -0.39 is 22.0 Å². The van der Waals surface area contributed by atoms with Gasteiger partial charge in [-0.05, 0) is 30.5 Å². The zero-order chi connectivity index (χ0) is 19.3. The normalized spacial score (nSPS) is 19.4. The van der Waals surface area contributed by atoms with Gasteiger partial charge in [-0.1, -0.05) is 48.5 Å². The molecule has 1 fully saturated rings. The molecule has 7 heteroatoms. The number of aliphatic hydroxyl groups excluding tert-OH is 1. The topological polar surface area (TPSA) is 86.7 Å². The van der Waals surface area contributed by atoms with Crippen molar-refractivity contribution in [2.24, 2.45) is 5.92 Å². The van der Waals surface area contributed by atoms with E-state index in [2.05, 4.69) is 5.32 Å². The smallest absolute Gasteiger partial charge is 0.243 e. The highest BCUT2D eigenvalue weighted by molar-refractivity contribution is 7.89. The number of piperidine rings is 1. The average molecular weight is 388 g/mol. The molecule has 0 radical (unpaired) electrons. The van der Waals surface area contributed by atoms with Gasteiger partial charge in [-0.15, -0.1) is 0 Å². The van der Waals surface area contributed by atoms with Gasteiger partial charge in [-0.3, -0.25) is 4.79 Å². The molecular weight excluding hydrogens is 364 g/mol. The summed E-state index contributed by atoms with van der Waals surface area (Å²) in [5.74, 6) is -0.641. The Hall–Kier alpha value is -2.22. The highest BCUT2D eigenvalue weighted by atomic mass is 32.2. The zero-order valence-electron chi connectivity index (χ0n) is 15.0. The first-order valence-electron chi connectivity index (χ1n) is 9.04. The molecule has 1 heterocycles. The van der Waals surface area contributed by atoms with E-state index in [1.807, 2.05) is 18.2 Å². The minimum Gasteiger partial charge on any atom is -0.387 e. The number of amides is 1. The van der Waals surface area contributed by atoms with Crippen LogP contribution in [0.5, 0.6) is 0 Å². The van der Waals surface area contributed by atoms with Crippen LogP contribution in [0.4, 0.5) is 0 Å². The van der Waals surface area contributed by atoms with Crippen LogP contribution < -0.4 is 5.32 Å².